The van der Waals surface area contributed by atoms with Gasteiger partial charge in [-0.25, -0.2) is 0 Å². The van der Waals surface area contributed by atoms with Crippen LogP contribution in [0.15, 0.2) is 24.3 Å². The van der Waals surface area contributed by atoms with Crippen LogP contribution in [0.3, 0.4) is 0 Å². The fourth-order valence-corrected chi connectivity index (χ4v) is 20.1. The normalized spacial score (nSPS) is 18.0. The van der Waals surface area contributed by atoms with Gasteiger partial charge in [-0.15, -0.1) is 0 Å². The van der Waals surface area contributed by atoms with Gasteiger partial charge in [0.25, 0.3) is 0 Å². The van der Waals surface area contributed by atoms with Gasteiger partial charge in [-0.3, -0.25) is 0 Å². The molecule has 1 aliphatic rings. The van der Waals surface area contributed by atoms with Crippen molar-refractivity contribution in [3.05, 3.63) is 24.3 Å². The van der Waals surface area contributed by atoms with Crippen molar-refractivity contribution >= 4 is 22.0 Å². The summed E-state index contributed by atoms with van der Waals surface area (Å²) in [6.45, 7) is 7.87. The van der Waals surface area contributed by atoms with Crippen LogP contribution in [0.2, 0.25) is 13.3 Å². The molecule has 0 aromatic heterocycles. The molecule has 26 heavy (non-hydrogen) atoms. The van der Waals surface area contributed by atoms with E-state index in [0.29, 0.717) is 0 Å². The molecule has 1 aromatic carbocycles. The summed E-state index contributed by atoms with van der Waals surface area (Å²) in [5.74, 6) is 0.988. The molecule has 1 atom stereocenters. The molecule has 0 unspecified atom stereocenters. The molecule has 1 aromatic rings. The van der Waals surface area contributed by atoms with Crippen molar-refractivity contribution in [2.24, 2.45) is 0 Å². The van der Waals surface area contributed by atoms with Gasteiger partial charge in [0.15, 0.2) is 0 Å². The van der Waals surface area contributed by atoms with Crippen LogP contribution >= 0.6 is 0 Å². The Kier molecular flexibility index (Phi) is 10.4. The predicted molar refractivity (Wildman–Crippen MR) is 115 cm³/mol. The Morgan fingerprint density at radius 1 is 0.885 bits per heavy atom. The summed E-state index contributed by atoms with van der Waals surface area (Å²) >= 11 is -2.29. The van der Waals surface area contributed by atoms with Gasteiger partial charge in [-0.1, -0.05) is 0 Å². The van der Waals surface area contributed by atoms with Crippen LogP contribution in [-0.2, 0) is 4.74 Å². The van der Waals surface area contributed by atoms with Crippen LogP contribution in [0, 0.1) is 0 Å². The minimum atomic E-state index is -2.29. The van der Waals surface area contributed by atoms with Crippen molar-refractivity contribution in [3.63, 3.8) is 0 Å². The Labute approximate surface area is 165 Å². The molecule has 2 rings (SSSR count). The monoisotopic (exact) mass is 468 g/mol. The second kappa shape index (κ2) is 12.3. The molecule has 148 valence electrons. The zero-order chi connectivity index (χ0) is 18.7. The van der Waals surface area contributed by atoms with Crippen LogP contribution in [0.25, 0.3) is 0 Å². The predicted octanol–water partition coefficient (Wildman–Crippen LogP) is 6.65. The summed E-state index contributed by atoms with van der Waals surface area (Å²) in [5.41, 5.74) is 0. The van der Waals surface area contributed by atoms with E-state index < -0.39 is 18.4 Å². The number of ether oxygens (including phenoxy) is 2. The fourth-order valence-electron chi connectivity index (χ4n) is 4.20. The summed E-state index contributed by atoms with van der Waals surface area (Å²) in [7, 11) is 0. The van der Waals surface area contributed by atoms with Gasteiger partial charge in [0, 0.05) is 0 Å². The maximum atomic E-state index is 6.07. The Morgan fingerprint density at radius 2 is 1.46 bits per heavy atom. The van der Waals surface area contributed by atoms with E-state index in [1.807, 2.05) is 0 Å². The SMILES string of the molecule is CCC[CH2][Sn]([CH2]CCC)([CH2]CCC)[c]1ccc(O[C@H]2CCCCO2)cc1. The Balaban J connectivity index is 2.13. The summed E-state index contributed by atoms with van der Waals surface area (Å²) in [6, 6.07) is 9.30. The van der Waals surface area contributed by atoms with E-state index in [-0.39, 0.29) is 6.29 Å². The molecule has 0 aliphatic carbocycles. The number of unbranched alkanes of at least 4 members (excludes halogenated alkanes) is 3. The second-order valence-corrected chi connectivity index (χ2v) is 21.3. The Hall–Kier alpha value is -0.221. The molecule has 0 amide bonds. The molecule has 1 aliphatic heterocycles. The van der Waals surface area contributed by atoms with Crippen LogP contribution < -0.4 is 8.32 Å². The first kappa shape index (κ1) is 22.1. The van der Waals surface area contributed by atoms with Gasteiger partial charge in [0.1, 0.15) is 0 Å². The first-order chi connectivity index (χ1) is 12.7. The van der Waals surface area contributed by atoms with Gasteiger partial charge < -0.3 is 0 Å². The third kappa shape index (κ3) is 6.74. The molecular formula is C23H40O2Sn. The first-order valence-corrected chi connectivity index (χ1v) is 18.6. The van der Waals surface area contributed by atoms with Crippen molar-refractivity contribution < 1.29 is 9.47 Å². The molecule has 1 heterocycles. The first-order valence-electron chi connectivity index (χ1n) is 11.1. The quantitative estimate of drug-likeness (QED) is 0.321. The van der Waals surface area contributed by atoms with Gasteiger partial charge in [0.05, 0.1) is 0 Å². The van der Waals surface area contributed by atoms with E-state index in [1.54, 1.807) is 3.58 Å². The Bertz CT molecular complexity index is 458. The zero-order valence-corrected chi connectivity index (χ0v) is 20.2. The van der Waals surface area contributed by atoms with E-state index in [1.165, 1.54) is 64.7 Å². The van der Waals surface area contributed by atoms with Crippen molar-refractivity contribution in [3.8, 4) is 5.75 Å². The standard InChI is InChI=1S/C11H13O2.3C4H9.Sn/c1-2-6-10(7-3-1)13-11-8-4-5-9-12-11;3*1-3-4-2;/h2-3,6-7,11H,4-5,8-9H2;3*1,3-4H2,2H3;/t11-;;;;/m0..../s1. The molecule has 3 heteroatoms. The third-order valence-corrected chi connectivity index (χ3v) is 21.6. The van der Waals surface area contributed by atoms with Crippen LogP contribution in [0.4, 0.5) is 0 Å². The van der Waals surface area contributed by atoms with Crippen LogP contribution in [-0.4, -0.2) is 31.3 Å². The molecule has 1 fully saturated rings. The van der Waals surface area contributed by atoms with Crippen LogP contribution in [0.5, 0.6) is 5.75 Å². The molecule has 0 radical (unpaired) electrons. The summed E-state index contributed by atoms with van der Waals surface area (Å²) < 4.78 is 18.1. The number of hydrogen-bond donors (Lipinski definition) is 0. The summed E-state index contributed by atoms with van der Waals surface area (Å²) in [4.78, 5) is 0. The maximum absolute atomic E-state index is 6.07. The van der Waals surface area contributed by atoms with Crippen molar-refractivity contribution in [1.82, 2.24) is 0 Å². The van der Waals surface area contributed by atoms with E-state index in [2.05, 4.69) is 45.0 Å². The fraction of sp³-hybridized carbons (Fsp3) is 0.739. The average molecular weight is 467 g/mol. The molecule has 0 spiro atoms. The van der Waals surface area contributed by atoms with Crippen molar-refractivity contribution in [2.45, 2.75) is 98.2 Å². The third-order valence-electron chi connectivity index (χ3n) is 5.90. The van der Waals surface area contributed by atoms with Gasteiger partial charge >= 0.3 is 166 Å². The molecule has 0 bridgehead atoms. The molecule has 0 saturated carbocycles. The van der Waals surface area contributed by atoms with Crippen LogP contribution in [0.1, 0.15) is 78.6 Å². The summed E-state index contributed by atoms with van der Waals surface area (Å²) in [6.07, 6.45) is 11.6. The van der Waals surface area contributed by atoms with E-state index in [0.717, 1.165) is 18.8 Å². The minimum absolute atomic E-state index is 0.0388. The number of hydrogen-bond acceptors (Lipinski definition) is 2. The molecule has 1 saturated heterocycles. The van der Waals surface area contributed by atoms with Gasteiger partial charge in [-0.05, 0) is 0 Å². The molecule has 0 N–H and O–H groups in total. The van der Waals surface area contributed by atoms with Gasteiger partial charge in [0.2, 0.25) is 0 Å². The zero-order valence-electron chi connectivity index (χ0n) is 17.4. The second-order valence-electron chi connectivity index (χ2n) is 8.03. The topological polar surface area (TPSA) is 18.5 Å². The summed E-state index contributed by atoms with van der Waals surface area (Å²) in [5, 5.41) is 0. The van der Waals surface area contributed by atoms with Crippen molar-refractivity contribution in [1.29, 1.82) is 0 Å². The van der Waals surface area contributed by atoms with E-state index in [9.17, 15) is 0 Å². The number of rotatable bonds is 12. The van der Waals surface area contributed by atoms with Crippen molar-refractivity contribution in [2.75, 3.05) is 6.61 Å². The molecule has 2 nitrogen and oxygen atoms in total. The number of benzene rings is 1. The van der Waals surface area contributed by atoms with Gasteiger partial charge in [-0.2, -0.15) is 0 Å². The van der Waals surface area contributed by atoms with E-state index >= 15 is 0 Å². The average Bonchev–Trinajstić information content (AvgIpc) is 2.69. The van der Waals surface area contributed by atoms with E-state index in [4.69, 9.17) is 9.47 Å². The Morgan fingerprint density at radius 3 is 1.92 bits per heavy atom. The molecular weight excluding hydrogens is 427 g/mol.